The van der Waals surface area contributed by atoms with Gasteiger partial charge in [0.1, 0.15) is 22.7 Å². The van der Waals surface area contributed by atoms with Crippen molar-refractivity contribution in [3.63, 3.8) is 0 Å². The standard InChI is InChI=1S/C33H49NO3/c1-10-32(6,7)36-28-21-18-26(29(24-28)37-33(8,9)11-2)14-12-13-23-34-30(35)22-17-25-15-19-27(20-16-25)31(3,4)5/h15-22,24H,10-14,23H2,1-9H3,(H,34,35). The van der Waals surface area contributed by atoms with E-state index in [1.165, 1.54) is 11.1 Å². The van der Waals surface area contributed by atoms with Gasteiger partial charge in [-0.05, 0) is 94.0 Å². The van der Waals surface area contributed by atoms with Crippen molar-refractivity contribution >= 4 is 12.0 Å². The molecule has 0 radical (unpaired) electrons. The van der Waals surface area contributed by atoms with Crippen LogP contribution in [0.15, 0.2) is 48.5 Å². The number of aryl methyl sites for hydroxylation is 1. The zero-order valence-corrected chi connectivity index (χ0v) is 24.7. The third-order valence-electron chi connectivity index (χ3n) is 6.90. The normalized spacial score (nSPS) is 12.6. The molecule has 0 saturated carbocycles. The van der Waals surface area contributed by atoms with Crippen LogP contribution in [-0.4, -0.2) is 23.7 Å². The molecule has 0 aliphatic rings. The lowest BCUT2D eigenvalue weighted by Gasteiger charge is -2.29. The first-order valence-electron chi connectivity index (χ1n) is 13.8. The van der Waals surface area contributed by atoms with Gasteiger partial charge in [0.25, 0.3) is 0 Å². The van der Waals surface area contributed by atoms with Gasteiger partial charge in [-0.1, -0.05) is 65.0 Å². The molecule has 0 heterocycles. The molecule has 37 heavy (non-hydrogen) atoms. The Morgan fingerprint density at radius 1 is 0.838 bits per heavy atom. The van der Waals surface area contributed by atoms with Gasteiger partial charge in [0, 0.05) is 18.7 Å². The maximum absolute atomic E-state index is 12.3. The quantitative estimate of drug-likeness (QED) is 0.219. The van der Waals surface area contributed by atoms with Crippen molar-refractivity contribution < 1.29 is 14.3 Å². The number of hydrogen-bond acceptors (Lipinski definition) is 3. The largest absolute Gasteiger partial charge is 0.488 e. The van der Waals surface area contributed by atoms with Gasteiger partial charge in [-0.15, -0.1) is 0 Å². The fourth-order valence-corrected chi connectivity index (χ4v) is 3.64. The van der Waals surface area contributed by atoms with E-state index in [2.05, 4.69) is 98.0 Å². The van der Waals surface area contributed by atoms with Crippen LogP contribution < -0.4 is 14.8 Å². The number of amides is 1. The van der Waals surface area contributed by atoms with Crippen LogP contribution in [-0.2, 0) is 16.6 Å². The number of unbranched alkanes of at least 4 members (excludes halogenated alkanes) is 1. The highest BCUT2D eigenvalue weighted by atomic mass is 16.5. The smallest absolute Gasteiger partial charge is 0.243 e. The van der Waals surface area contributed by atoms with Gasteiger partial charge in [0.15, 0.2) is 0 Å². The van der Waals surface area contributed by atoms with Crippen molar-refractivity contribution in [3.8, 4) is 11.5 Å². The highest BCUT2D eigenvalue weighted by Gasteiger charge is 2.21. The second kappa shape index (κ2) is 13.2. The number of ether oxygens (including phenoxy) is 2. The zero-order chi connectivity index (χ0) is 27.7. The van der Waals surface area contributed by atoms with E-state index in [1.54, 1.807) is 6.08 Å². The van der Waals surface area contributed by atoms with E-state index < -0.39 is 0 Å². The molecule has 2 aromatic rings. The zero-order valence-electron chi connectivity index (χ0n) is 24.7. The number of hydrogen-bond donors (Lipinski definition) is 1. The Morgan fingerprint density at radius 3 is 2.05 bits per heavy atom. The van der Waals surface area contributed by atoms with Crippen LogP contribution in [0, 0.1) is 0 Å². The summed E-state index contributed by atoms with van der Waals surface area (Å²) >= 11 is 0. The van der Waals surface area contributed by atoms with E-state index in [1.807, 2.05) is 18.2 Å². The lowest BCUT2D eigenvalue weighted by Crippen LogP contribution is -2.28. The van der Waals surface area contributed by atoms with Gasteiger partial charge in [0.2, 0.25) is 5.91 Å². The Morgan fingerprint density at radius 2 is 1.46 bits per heavy atom. The molecule has 1 amide bonds. The lowest BCUT2D eigenvalue weighted by molar-refractivity contribution is -0.116. The average Bonchev–Trinajstić information content (AvgIpc) is 2.83. The van der Waals surface area contributed by atoms with Crippen molar-refractivity contribution in [2.45, 2.75) is 111 Å². The third-order valence-corrected chi connectivity index (χ3v) is 6.90. The molecule has 0 aliphatic carbocycles. The Bertz CT molecular complexity index is 1030. The molecule has 2 rings (SSSR count). The molecule has 0 aromatic heterocycles. The summed E-state index contributed by atoms with van der Waals surface area (Å²) in [5.74, 6) is 1.67. The van der Waals surface area contributed by atoms with E-state index in [0.717, 1.165) is 49.2 Å². The number of carbonyl (C=O) groups is 1. The molecule has 0 bridgehead atoms. The van der Waals surface area contributed by atoms with Crippen molar-refractivity contribution in [1.29, 1.82) is 0 Å². The second-order valence-corrected chi connectivity index (χ2v) is 12.2. The minimum Gasteiger partial charge on any atom is -0.488 e. The van der Waals surface area contributed by atoms with Crippen LogP contribution in [0.2, 0.25) is 0 Å². The summed E-state index contributed by atoms with van der Waals surface area (Å²) in [4.78, 5) is 12.3. The topological polar surface area (TPSA) is 47.6 Å². The maximum Gasteiger partial charge on any atom is 0.243 e. The van der Waals surface area contributed by atoms with Gasteiger partial charge in [-0.3, -0.25) is 4.79 Å². The molecule has 0 unspecified atom stereocenters. The molecule has 204 valence electrons. The monoisotopic (exact) mass is 507 g/mol. The van der Waals surface area contributed by atoms with Crippen LogP contribution >= 0.6 is 0 Å². The molecule has 4 nitrogen and oxygen atoms in total. The Hall–Kier alpha value is -2.75. The van der Waals surface area contributed by atoms with Gasteiger partial charge >= 0.3 is 0 Å². The molecular weight excluding hydrogens is 458 g/mol. The summed E-state index contributed by atoms with van der Waals surface area (Å²) in [5.41, 5.74) is 3.14. The molecule has 1 N–H and O–H groups in total. The fraction of sp³-hybridized carbons (Fsp3) is 0.545. The molecule has 0 aliphatic heterocycles. The predicted octanol–water partition coefficient (Wildman–Crippen LogP) is 8.27. The first kappa shape index (κ1) is 30.5. The summed E-state index contributed by atoms with van der Waals surface area (Å²) in [6.45, 7) is 19.9. The molecule has 2 aromatic carbocycles. The van der Waals surface area contributed by atoms with E-state index in [4.69, 9.17) is 9.47 Å². The summed E-state index contributed by atoms with van der Waals surface area (Å²) in [5, 5.41) is 3.00. The maximum atomic E-state index is 12.3. The number of benzene rings is 2. The van der Waals surface area contributed by atoms with Crippen LogP contribution in [0.25, 0.3) is 6.08 Å². The van der Waals surface area contributed by atoms with Gasteiger partial charge < -0.3 is 14.8 Å². The second-order valence-electron chi connectivity index (χ2n) is 12.2. The minimum atomic E-state index is -0.249. The Balaban J connectivity index is 1.89. The predicted molar refractivity (Wildman–Crippen MR) is 157 cm³/mol. The molecule has 4 heteroatoms. The number of rotatable bonds is 13. The highest BCUT2D eigenvalue weighted by molar-refractivity contribution is 5.91. The van der Waals surface area contributed by atoms with Crippen molar-refractivity contribution in [3.05, 3.63) is 65.2 Å². The van der Waals surface area contributed by atoms with Crippen molar-refractivity contribution in [1.82, 2.24) is 5.32 Å². The third kappa shape index (κ3) is 10.6. The van der Waals surface area contributed by atoms with E-state index >= 15 is 0 Å². The molecule has 0 fully saturated rings. The van der Waals surface area contributed by atoms with Gasteiger partial charge in [-0.25, -0.2) is 0 Å². The summed E-state index contributed by atoms with van der Waals surface area (Å²) in [6, 6.07) is 14.6. The summed E-state index contributed by atoms with van der Waals surface area (Å²) < 4.78 is 12.6. The Kier molecular flexibility index (Phi) is 10.8. The SMILES string of the molecule is CCC(C)(C)Oc1ccc(CCCCNC(=O)C=Cc2ccc(C(C)(C)C)cc2)c(OC(C)(C)CC)c1. The number of carbonyl (C=O) groups excluding carboxylic acids is 1. The highest BCUT2D eigenvalue weighted by Crippen LogP contribution is 2.32. The molecular formula is C33H49NO3. The van der Waals surface area contributed by atoms with Crippen LogP contribution in [0.4, 0.5) is 0 Å². The minimum absolute atomic E-state index is 0.0614. The van der Waals surface area contributed by atoms with Gasteiger partial charge in [0.05, 0.1) is 0 Å². The van der Waals surface area contributed by atoms with Crippen molar-refractivity contribution in [2.75, 3.05) is 6.54 Å². The summed E-state index contributed by atoms with van der Waals surface area (Å²) in [6.07, 6.45) is 8.07. The van der Waals surface area contributed by atoms with Crippen LogP contribution in [0.1, 0.15) is 105 Å². The molecule has 0 spiro atoms. The van der Waals surface area contributed by atoms with Crippen molar-refractivity contribution in [2.24, 2.45) is 0 Å². The summed E-state index contributed by atoms with van der Waals surface area (Å²) in [7, 11) is 0. The fourth-order valence-electron chi connectivity index (χ4n) is 3.64. The first-order valence-corrected chi connectivity index (χ1v) is 13.8. The molecule has 0 atom stereocenters. The van der Waals surface area contributed by atoms with E-state index in [9.17, 15) is 4.79 Å². The lowest BCUT2D eigenvalue weighted by atomic mass is 9.87. The molecule has 0 saturated heterocycles. The van der Waals surface area contributed by atoms with E-state index in [0.29, 0.717) is 6.54 Å². The van der Waals surface area contributed by atoms with E-state index in [-0.39, 0.29) is 22.5 Å². The Labute approximate surface area is 225 Å². The van der Waals surface area contributed by atoms with Gasteiger partial charge in [-0.2, -0.15) is 0 Å². The average molecular weight is 508 g/mol. The van der Waals surface area contributed by atoms with Crippen LogP contribution in [0.3, 0.4) is 0 Å². The van der Waals surface area contributed by atoms with Crippen LogP contribution in [0.5, 0.6) is 11.5 Å². The first-order chi connectivity index (χ1) is 17.2. The number of nitrogens with one attached hydrogen (secondary N) is 1.